The van der Waals surface area contributed by atoms with E-state index in [-0.39, 0.29) is 48.1 Å². The maximum atomic E-state index is 13.4. The van der Waals surface area contributed by atoms with Crippen LogP contribution in [0.4, 0.5) is 9.18 Å². The van der Waals surface area contributed by atoms with Crippen LogP contribution in [-0.2, 0) is 29.9 Å². The molecule has 0 aliphatic heterocycles. The predicted octanol–water partition coefficient (Wildman–Crippen LogP) is 6.61. The largest absolute Gasteiger partial charge is 0.481 e. The van der Waals surface area contributed by atoms with Gasteiger partial charge in [-0.1, -0.05) is 72.8 Å². The van der Waals surface area contributed by atoms with Gasteiger partial charge in [0.15, 0.2) is 11.5 Å². The molecule has 10 heteroatoms. The van der Waals surface area contributed by atoms with Gasteiger partial charge in [0.05, 0.1) is 18.8 Å². The van der Waals surface area contributed by atoms with Crippen molar-refractivity contribution in [3.63, 3.8) is 0 Å². The zero-order valence-corrected chi connectivity index (χ0v) is 24.0. The number of rotatable bonds is 11. The van der Waals surface area contributed by atoms with Crippen LogP contribution >= 0.6 is 0 Å². The van der Waals surface area contributed by atoms with E-state index >= 15 is 0 Å². The SMILES string of the molecule is COc1nc(C(C)(C)NC(=O)OCc2ccccc2)nc(-c2ncc(Cc3ccc(F)cc3)o2)c1OCc1ccccc1. The molecule has 0 saturated carbocycles. The summed E-state index contributed by atoms with van der Waals surface area (Å²) < 4.78 is 36.7. The smallest absolute Gasteiger partial charge is 0.408 e. The van der Waals surface area contributed by atoms with Gasteiger partial charge in [0.2, 0.25) is 11.6 Å². The maximum Gasteiger partial charge on any atom is 0.408 e. The van der Waals surface area contributed by atoms with Crippen LogP contribution in [0.15, 0.2) is 95.5 Å². The van der Waals surface area contributed by atoms with E-state index in [0.29, 0.717) is 12.2 Å². The van der Waals surface area contributed by atoms with Gasteiger partial charge in [-0.25, -0.2) is 19.2 Å². The van der Waals surface area contributed by atoms with Gasteiger partial charge in [-0.15, -0.1) is 0 Å². The Bertz CT molecular complexity index is 1660. The van der Waals surface area contributed by atoms with Crippen molar-refractivity contribution < 1.29 is 27.8 Å². The number of alkyl carbamates (subject to hydrolysis) is 1. The van der Waals surface area contributed by atoms with Gasteiger partial charge in [0.25, 0.3) is 5.88 Å². The summed E-state index contributed by atoms with van der Waals surface area (Å²) in [6, 6.07) is 25.1. The molecule has 0 bridgehead atoms. The van der Waals surface area contributed by atoms with Gasteiger partial charge in [-0.3, -0.25) is 0 Å². The Morgan fingerprint density at radius 3 is 2.19 bits per heavy atom. The van der Waals surface area contributed by atoms with E-state index in [0.717, 1.165) is 16.7 Å². The lowest BCUT2D eigenvalue weighted by Gasteiger charge is -2.25. The number of aromatic nitrogens is 3. The number of ether oxygens (including phenoxy) is 3. The average molecular weight is 583 g/mol. The van der Waals surface area contributed by atoms with Gasteiger partial charge < -0.3 is 23.9 Å². The molecule has 220 valence electrons. The van der Waals surface area contributed by atoms with E-state index in [1.165, 1.54) is 19.2 Å². The Morgan fingerprint density at radius 1 is 0.884 bits per heavy atom. The summed E-state index contributed by atoms with van der Waals surface area (Å²) in [7, 11) is 1.47. The first-order chi connectivity index (χ1) is 20.8. The van der Waals surface area contributed by atoms with Gasteiger partial charge in [0, 0.05) is 6.42 Å². The molecule has 0 spiro atoms. The highest BCUT2D eigenvalue weighted by atomic mass is 19.1. The molecule has 1 N–H and O–H groups in total. The summed E-state index contributed by atoms with van der Waals surface area (Å²) in [5.74, 6) is 0.986. The van der Waals surface area contributed by atoms with Crippen molar-refractivity contribution in [3.05, 3.63) is 125 Å². The second-order valence-corrected chi connectivity index (χ2v) is 10.3. The second-order valence-electron chi connectivity index (χ2n) is 10.3. The summed E-state index contributed by atoms with van der Waals surface area (Å²) in [5, 5.41) is 2.83. The van der Waals surface area contributed by atoms with Gasteiger partial charge in [0.1, 0.15) is 24.8 Å². The number of halogens is 1. The minimum absolute atomic E-state index is 0.109. The molecule has 0 unspecified atom stereocenters. The molecule has 3 aromatic carbocycles. The number of carbonyl (C=O) groups is 1. The van der Waals surface area contributed by atoms with Crippen molar-refractivity contribution in [1.29, 1.82) is 0 Å². The highest BCUT2D eigenvalue weighted by Crippen LogP contribution is 2.38. The summed E-state index contributed by atoms with van der Waals surface area (Å²) >= 11 is 0. The molecular weight excluding hydrogens is 551 g/mol. The van der Waals surface area contributed by atoms with Gasteiger partial charge in [-0.05, 0) is 42.7 Å². The number of nitrogens with one attached hydrogen (secondary N) is 1. The standard InChI is InChI=1S/C33H31FN4O5/c1-33(2,38-32(39)42-21-24-12-8-5-9-13-24)31-36-27(28(30(37-31)40-3)41-20-23-10-6-4-7-11-23)29-35-19-26(43-29)18-22-14-16-25(34)17-15-22/h4-17,19H,18,20-21H2,1-3H3,(H,38,39). The van der Waals surface area contributed by atoms with Crippen LogP contribution < -0.4 is 14.8 Å². The van der Waals surface area contributed by atoms with Crippen LogP contribution in [0.3, 0.4) is 0 Å². The number of benzene rings is 3. The fourth-order valence-corrected chi connectivity index (χ4v) is 4.22. The molecule has 1 amide bonds. The third kappa shape index (κ3) is 7.53. The monoisotopic (exact) mass is 582 g/mol. The minimum Gasteiger partial charge on any atom is -0.481 e. The molecule has 0 atom stereocenters. The molecule has 43 heavy (non-hydrogen) atoms. The molecule has 5 aromatic rings. The zero-order chi connectivity index (χ0) is 30.2. The van der Waals surface area contributed by atoms with Crippen molar-refractivity contribution in [2.45, 2.75) is 39.0 Å². The Kier molecular flexibility index (Phi) is 8.95. The van der Waals surface area contributed by atoms with Crippen LogP contribution in [0, 0.1) is 5.82 Å². The van der Waals surface area contributed by atoms with E-state index in [9.17, 15) is 9.18 Å². The number of carbonyl (C=O) groups excluding carboxylic acids is 1. The number of hydrogen-bond acceptors (Lipinski definition) is 8. The van der Waals surface area contributed by atoms with Crippen molar-refractivity contribution in [2.75, 3.05) is 7.11 Å². The fourth-order valence-electron chi connectivity index (χ4n) is 4.22. The number of nitrogens with zero attached hydrogens (tertiary/aromatic N) is 3. The van der Waals surface area contributed by atoms with E-state index in [1.54, 1.807) is 32.2 Å². The van der Waals surface area contributed by atoms with Crippen LogP contribution in [0.2, 0.25) is 0 Å². The Morgan fingerprint density at radius 2 is 1.53 bits per heavy atom. The Hall–Kier alpha value is -5.25. The van der Waals surface area contributed by atoms with E-state index < -0.39 is 11.6 Å². The fraction of sp³-hybridized carbons (Fsp3) is 0.212. The number of oxazole rings is 1. The summed E-state index contributed by atoms with van der Waals surface area (Å²) in [5.41, 5.74) is 1.79. The van der Waals surface area contributed by atoms with E-state index in [4.69, 9.17) is 23.6 Å². The molecular formula is C33H31FN4O5. The molecule has 5 rings (SSSR count). The lowest BCUT2D eigenvalue weighted by molar-refractivity contribution is 0.128. The predicted molar refractivity (Wildman–Crippen MR) is 157 cm³/mol. The molecule has 0 aliphatic carbocycles. The quantitative estimate of drug-likeness (QED) is 0.185. The van der Waals surface area contributed by atoms with Crippen molar-refractivity contribution in [3.8, 4) is 23.2 Å². The Balaban J connectivity index is 1.45. The first-order valence-corrected chi connectivity index (χ1v) is 13.6. The average Bonchev–Trinajstić information content (AvgIpc) is 3.48. The van der Waals surface area contributed by atoms with Crippen LogP contribution in [0.5, 0.6) is 11.6 Å². The molecule has 2 heterocycles. The first-order valence-electron chi connectivity index (χ1n) is 13.6. The van der Waals surface area contributed by atoms with Gasteiger partial charge in [-0.2, -0.15) is 4.98 Å². The normalized spacial score (nSPS) is 11.2. The van der Waals surface area contributed by atoms with Crippen LogP contribution in [0.1, 0.15) is 42.1 Å². The molecule has 0 aliphatic rings. The molecule has 2 aromatic heterocycles. The highest BCUT2D eigenvalue weighted by Gasteiger charge is 2.32. The molecule has 0 fully saturated rings. The zero-order valence-electron chi connectivity index (χ0n) is 24.0. The highest BCUT2D eigenvalue weighted by molar-refractivity contribution is 5.69. The van der Waals surface area contributed by atoms with Crippen LogP contribution in [0.25, 0.3) is 11.6 Å². The topological polar surface area (TPSA) is 109 Å². The number of amides is 1. The van der Waals surface area contributed by atoms with Crippen molar-refractivity contribution in [1.82, 2.24) is 20.3 Å². The van der Waals surface area contributed by atoms with E-state index in [1.807, 2.05) is 60.7 Å². The lowest BCUT2D eigenvalue weighted by atomic mass is 10.0. The number of methoxy groups -OCH3 is 1. The molecule has 9 nitrogen and oxygen atoms in total. The molecule has 0 radical (unpaired) electrons. The van der Waals surface area contributed by atoms with E-state index in [2.05, 4.69) is 15.3 Å². The van der Waals surface area contributed by atoms with Crippen molar-refractivity contribution in [2.24, 2.45) is 0 Å². The van der Waals surface area contributed by atoms with Gasteiger partial charge >= 0.3 is 6.09 Å². The molecule has 0 saturated heterocycles. The Labute approximate surface area is 248 Å². The van der Waals surface area contributed by atoms with Crippen LogP contribution in [-0.4, -0.2) is 28.2 Å². The summed E-state index contributed by atoms with van der Waals surface area (Å²) in [6.07, 6.45) is 1.33. The lowest BCUT2D eigenvalue weighted by Crippen LogP contribution is -2.42. The third-order valence-electron chi connectivity index (χ3n) is 6.49. The summed E-state index contributed by atoms with van der Waals surface area (Å²) in [4.78, 5) is 26.5. The number of hydrogen-bond donors (Lipinski definition) is 1. The van der Waals surface area contributed by atoms with Crippen molar-refractivity contribution >= 4 is 6.09 Å². The minimum atomic E-state index is -1.09. The first kappa shape index (κ1) is 29.2. The summed E-state index contributed by atoms with van der Waals surface area (Å²) in [6.45, 7) is 3.81. The maximum absolute atomic E-state index is 13.4. The second kappa shape index (κ2) is 13.2. The third-order valence-corrected chi connectivity index (χ3v) is 6.49.